The van der Waals surface area contributed by atoms with Gasteiger partial charge in [0.05, 0.1) is 0 Å². The van der Waals surface area contributed by atoms with Crippen LogP contribution in [0, 0.1) is 5.92 Å². The molecule has 2 nitrogen and oxygen atoms in total. The van der Waals surface area contributed by atoms with E-state index in [-0.39, 0.29) is 12.4 Å². The first kappa shape index (κ1) is 18.9. The molecule has 2 aromatic rings. The second-order valence-corrected chi connectivity index (χ2v) is 6.28. The summed E-state index contributed by atoms with van der Waals surface area (Å²) in [5.74, 6) is 0.867. The van der Waals surface area contributed by atoms with E-state index in [1.54, 1.807) is 0 Å². The largest absolute Gasteiger partial charge is 0.310 e. The van der Waals surface area contributed by atoms with Crippen LogP contribution in [-0.4, -0.2) is 11.0 Å². The highest BCUT2D eigenvalue weighted by atomic mass is 35.5. The maximum Gasteiger partial charge on any atom is 0.0346 e. The Kier molecular flexibility index (Phi) is 8.44. The van der Waals surface area contributed by atoms with E-state index in [1.807, 2.05) is 12.4 Å². The van der Waals surface area contributed by atoms with Crippen molar-refractivity contribution in [2.75, 3.05) is 0 Å². The molecule has 2 rings (SSSR count). The number of hydrogen-bond donors (Lipinski definition) is 1. The van der Waals surface area contributed by atoms with Crippen molar-refractivity contribution in [2.45, 2.75) is 59.0 Å². The van der Waals surface area contributed by atoms with Gasteiger partial charge in [-0.1, -0.05) is 45.2 Å². The monoisotopic (exact) mass is 320 g/mol. The Labute approximate surface area is 141 Å². The second-order valence-electron chi connectivity index (χ2n) is 6.28. The Morgan fingerprint density at radius 2 is 1.91 bits per heavy atom. The molecule has 1 aromatic heterocycles. The number of fused-ring (bicyclic) bond motifs is 1. The van der Waals surface area contributed by atoms with Gasteiger partial charge < -0.3 is 5.32 Å². The summed E-state index contributed by atoms with van der Waals surface area (Å²) in [6.07, 6.45) is 9.02. The molecule has 0 amide bonds. The number of hydrogen-bond acceptors (Lipinski definition) is 2. The minimum atomic E-state index is 0. The van der Waals surface area contributed by atoms with Crippen LogP contribution in [0.15, 0.2) is 36.7 Å². The summed E-state index contributed by atoms with van der Waals surface area (Å²) in [5.41, 5.74) is 1.35. The Hall–Kier alpha value is -1.12. The van der Waals surface area contributed by atoms with Crippen LogP contribution >= 0.6 is 12.4 Å². The van der Waals surface area contributed by atoms with Crippen molar-refractivity contribution in [3.63, 3.8) is 0 Å². The lowest BCUT2D eigenvalue weighted by Crippen LogP contribution is -2.25. The Bertz CT molecular complexity index is 556. The van der Waals surface area contributed by atoms with Crippen molar-refractivity contribution in [3.05, 3.63) is 42.2 Å². The van der Waals surface area contributed by atoms with Gasteiger partial charge in [-0.15, -0.1) is 12.4 Å². The summed E-state index contributed by atoms with van der Waals surface area (Å²) in [5, 5.41) is 6.12. The predicted octanol–water partition coefficient (Wildman–Crippen LogP) is 5.35. The molecule has 1 N–H and O–H groups in total. The topological polar surface area (TPSA) is 24.9 Å². The van der Waals surface area contributed by atoms with Crippen LogP contribution in [0.4, 0.5) is 0 Å². The lowest BCUT2D eigenvalue weighted by atomic mass is 10.00. The third kappa shape index (κ3) is 5.94. The molecule has 0 aliphatic rings. The Morgan fingerprint density at radius 1 is 1.09 bits per heavy atom. The third-order valence-electron chi connectivity index (χ3n) is 4.39. The van der Waals surface area contributed by atoms with Crippen LogP contribution in [0.2, 0.25) is 0 Å². The van der Waals surface area contributed by atoms with Gasteiger partial charge in [0, 0.05) is 30.4 Å². The fourth-order valence-electron chi connectivity index (χ4n) is 2.61. The molecule has 122 valence electrons. The van der Waals surface area contributed by atoms with Gasteiger partial charge in [0.15, 0.2) is 0 Å². The second kappa shape index (κ2) is 9.81. The maximum atomic E-state index is 4.16. The molecule has 0 fully saturated rings. The summed E-state index contributed by atoms with van der Waals surface area (Å²) in [6, 6.07) is 9.28. The first-order chi connectivity index (χ1) is 10.2. The number of nitrogens with one attached hydrogen (secondary N) is 1. The van der Waals surface area contributed by atoms with Crippen LogP contribution in [0.3, 0.4) is 0 Å². The van der Waals surface area contributed by atoms with Crippen LogP contribution in [-0.2, 0) is 6.54 Å². The minimum absolute atomic E-state index is 0. The number of pyridine rings is 1. The fourth-order valence-corrected chi connectivity index (χ4v) is 2.61. The summed E-state index contributed by atoms with van der Waals surface area (Å²) in [7, 11) is 0. The van der Waals surface area contributed by atoms with Gasteiger partial charge in [-0.25, -0.2) is 0 Å². The van der Waals surface area contributed by atoms with E-state index in [2.05, 4.69) is 55.3 Å². The third-order valence-corrected chi connectivity index (χ3v) is 4.39. The van der Waals surface area contributed by atoms with Gasteiger partial charge >= 0.3 is 0 Å². The SMILES string of the molecule is CCC(C)CCC[C@@H](C)NCc1ccc2cnccc2c1.Cl. The molecule has 0 aliphatic heterocycles. The highest BCUT2D eigenvalue weighted by Gasteiger charge is 2.04. The minimum Gasteiger partial charge on any atom is -0.310 e. The van der Waals surface area contributed by atoms with Crippen molar-refractivity contribution in [1.82, 2.24) is 10.3 Å². The zero-order valence-corrected chi connectivity index (χ0v) is 14.8. The van der Waals surface area contributed by atoms with Gasteiger partial charge in [-0.05, 0) is 42.3 Å². The van der Waals surface area contributed by atoms with Crippen molar-refractivity contribution in [3.8, 4) is 0 Å². The van der Waals surface area contributed by atoms with Crippen molar-refractivity contribution < 1.29 is 0 Å². The van der Waals surface area contributed by atoms with E-state index in [0.717, 1.165) is 12.5 Å². The normalized spacial score (nSPS) is 13.6. The molecule has 0 bridgehead atoms. The van der Waals surface area contributed by atoms with Crippen LogP contribution in [0.1, 0.15) is 52.0 Å². The molecule has 0 saturated heterocycles. The molecule has 3 heteroatoms. The standard InChI is InChI=1S/C19H28N2.ClH/c1-4-15(2)6-5-7-16(3)21-13-17-8-9-19-14-20-11-10-18(19)12-17;/h8-12,14-16,21H,4-7,13H2,1-3H3;1H/t15?,16-;/m1./s1. The lowest BCUT2D eigenvalue weighted by Gasteiger charge is -2.15. The molecule has 0 aliphatic carbocycles. The van der Waals surface area contributed by atoms with E-state index >= 15 is 0 Å². The quantitative estimate of drug-likeness (QED) is 0.709. The van der Waals surface area contributed by atoms with Crippen molar-refractivity contribution >= 4 is 23.2 Å². The summed E-state index contributed by atoms with van der Waals surface area (Å²) in [6.45, 7) is 7.87. The number of benzene rings is 1. The average molecular weight is 321 g/mol. The highest BCUT2D eigenvalue weighted by molar-refractivity contribution is 5.85. The zero-order valence-electron chi connectivity index (χ0n) is 14.0. The lowest BCUT2D eigenvalue weighted by molar-refractivity contribution is 0.436. The molecule has 1 aromatic carbocycles. The number of nitrogens with zero attached hydrogens (tertiary/aromatic N) is 1. The molecule has 1 heterocycles. The molecule has 2 atom stereocenters. The molecular formula is C19H29ClN2. The van der Waals surface area contributed by atoms with Gasteiger partial charge in [0.1, 0.15) is 0 Å². The van der Waals surface area contributed by atoms with E-state index in [1.165, 1.54) is 42.0 Å². The van der Waals surface area contributed by atoms with E-state index in [9.17, 15) is 0 Å². The summed E-state index contributed by atoms with van der Waals surface area (Å²) in [4.78, 5) is 4.16. The molecule has 1 unspecified atom stereocenters. The number of halogens is 1. The molecule has 0 saturated carbocycles. The molecular weight excluding hydrogens is 292 g/mol. The number of aromatic nitrogens is 1. The first-order valence-corrected chi connectivity index (χ1v) is 8.25. The number of rotatable bonds is 8. The van der Waals surface area contributed by atoms with Gasteiger partial charge in [-0.2, -0.15) is 0 Å². The summed E-state index contributed by atoms with van der Waals surface area (Å²) >= 11 is 0. The van der Waals surface area contributed by atoms with E-state index in [0.29, 0.717) is 6.04 Å². The molecule has 0 spiro atoms. The van der Waals surface area contributed by atoms with Gasteiger partial charge in [-0.3, -0.25) is 4.98 Å². The van der Waals surface area contributed by atoms with E-state index < -0.39 is 0 Å². The zero-order chi connectivity index (χ0) is 15.1. The molecule has 22 heavy (non-hydrogen) atoms. The highest BCUT2D eigenvalue weighted by Crippen LogP contribution is 2.15. The van der Waals surface area contributed by atoms with Gasteiger partial charge in [0.2, 0.25) is 0 Å². The predicted molar refractivity (Wildman–Crippen MR) is 98.6 cm³/mol. The van der Waals surface area contributed by atoms with Crippen LogP contribution < -0.4 is 5.32 Å². The summed E-state index contributed by atoms with van der Waals surface area (Å²) < 4.78 is 0. The van der Waals surface area contributed by atoms with Crippen molar-refractivity contribution in [1.29, 1.82) is 0 Å². The van der Waals surface area contributed by atoms with Gasteiger partial charge in [0.25, 0.3) is 0 Å². The van der Waals surface area contributed by atoms with Crippen molar-refractivity contribution in [2.24, 2.45) is 5.92 Å². The maximum absolute atomic E-state index is 4.16. The molecule has 0 radical (unpaired) electrons. The fraction of sp³-hybridized carbons (Fsp3) is 0.526. The van der Waals surface area contributed by atoms with E-state index in [4.69, 9.17) is 0 Å². The van der Waals surface area contributed by atoms with Crippen LogP contribution in [0.5, 0.6) is 0 Å². The Morgan fingerprint density at radius 3 is 2.68 bits per heavy atom. The smallest absolute Gasteiger partial charge is 0.0346 e. The Balaban J connectivity index is 0.00000242. The van der Waals surface area contributed by atoms with Crippen LogP contribution in [0.25, 0.3) is 10.8 Å². The first-order valence-electron chi connectivity index (χ1n) is 8.25. The average Bonchev–Trinajstić information content (AvgIpc) is 2.52.